The number of rotatable bonds is 2. The summed E-state index contributed by atoms with van der Waals surface area (Å²) >= 11 is 6.06. The fourth-order valence-corrected chi connectivity index (χ4v) is 2.28. The third-order valence-electron chi connectivity index (χ3n) is 2.83. The van der Waals surface area contributed by atoms with E-state index in [1.807, 2.05) is 19.1 Å². The maximum Gasteiger partial charge on any atom is 0.130 e. The molecular weight excluding hydrogens is 212 g/mol. The lowest BCUT2D eigenvalue weighted by atomic mass is 10.0. The molecule has 2 unspecified atom stereocenters. The summed E-state index contributed by atoms with van der Waals surface area (Å²) in [6, 6.07) is 3.73. The molecule has 0 saturated heterocycles. The van der Waals surface area contributed by atoms with E-state index in [1.54, 1.807) is 0 Å². The first kappa shape index (κ1) is 10.8. The summed E-state index contributed by atoms with van der Waals surface area (Å²) in [6.07, 6.45) is 1.13. The number of hydrogen-bond acceptors (Lipinski definition) is 2. The van der Waals surface area contributed by atoms with E-state index in [2.05, 4.69) is 6.92 Å². The van der Waals surface area contributed by atoms with E-state index in [0.717, 1.165) is 29.7 Å². The van der Waals surface area contributed by atoms with E-state index in [1.165, 1.54) is 0 Å². The van der Waals surface area contributed by atoms with Gasteiger partial charge in [-0.05, 0) is 25.0 Å². The van der Waals surface area contributed by atoms with Gasteiger partial charge in [0.1, 0.15) is 18.0 Å². The minimum atomic E-state index is -0.577. The maximum absolute atomic E-state index is 10.1. The maximum atomic E-state index is 10.1. The standard InChI is InChI=1S/C12H15ClO2/c1-3-4-9-11(14)10-8(13)6-5-7(2)12(10)15-9/h5-6,9,11,14H,3-4H2,1-2H3. The van der Waals surface area contributed by atoms with Crippen molar-refractivity contribution in [1.29, 1.82) is 0 Å². The first-order valence-electron chi connectivity index (χ1n) is 5.29. The third-order valence-corrected chi connectivity index (χ3v) is 3.16. The van der Waals surface area contributed by atoms with Crippen molar-refractivity contribution < 1.29 is 9.84 Å². The lowest BCUT2D eigenvalue weighted by Crippen LogP contribution is -2.17. The lowest BCUT2D eigenvalue weighted by Gasteiger charge is -2.12. The summed E-state index contributed by atoms with van der Waals surface area (Å²) in [7, 11) is 0. The fourth-order valence-electron chi connectivity index (χ4n) is 2.02. The van der Waals surface area contributed by atoms with Crippen molar-refractivity contribution in [2.45, 2.75) is 38.9 Å². The van der Waals surface area contributed by atoms with Crippen LogP contribution in [0.15, 0.2) is 12.1 Å². The van der Waals surface area contributed by atoms with E-state index in [-0.39, 0.29) is 6.10 Å². The second-order valence-corrected chi connectivity index (χ2v) is 4.40. The van der Waals surface area contributed by atoms with Crippen LogP contribution in [0.25, 0.3) is 0 Å². The smallest absolute Gasteiger partial charge is 0.130 e. The summed E-state index contributed by atoms with van der Waals surface area (Å²) < 4.78 is 5.74. The first-order valence-corrected chi connectivity index (χ1v) is 5.66. The molecule has 0 saturated carbocycles. The highest BCUT2D eigenvalue weighted by molar-refractivity contribution is 6.31. The van der Waals surface area contributed by atoms with E-state index >= 15 is 0 Å². The minimum Gasteiger partial charge on any atom is -0.487 e. The molecule has 0 radical (unpaired) electrons. The zero-order valence-corrected chi connectivity index (χ0v) is 9.71. The zero-order valence-electron chi connectivity index (χ0n) is 8.96. The van der Waals surface area contributed by atoms with Gasteiger partial charge in [0.05, 0.1) is 5.02 Å². The summed E-state index contributed by atoms with van der Waals surface area (Å²) in [5, 5.41) is 10.7. The van der Waals surface area contributed by atoms with Crippen LogP contribution in [0.3, 0.4) is 0 Å². The molecule has 0 aliphatic carbocycles. The average Bonchev–Trinajstić information content (AvgIpc) is 2.53. The molecule has 0 bridgehead atoms. The molecule has 1 N–H and O–H groups in total. The Morgan fingerprint density at radius 2 is 2.20 bits per heavy atom. The Hall–Kier alpha value is -0.730. The zero-order chi connectivity index (χ0) is 11.0. The number of benzene rings is 1. The van der Waals surface area contributed by atoms with E-state index in [0.29, 0.717) is 5.02 Å². The molecule has 2 atom stereocenters. The molecule has 82 valence electrons. The molecule has 0 amide bonds. The molecule has 2 nitrogen and oxygen atoms in total. The molecule has 1 aliphatic heterocycles. The van der Waals surface area contributed by atoms with Gasteiger partial charge in [-0.25, -0.2) is 0 Å². The van der Waals surface area contributed by atoms with Gasteiger partial charge in [0.15, 0.2) is 0 Å². The number of aliphatic hydroxyl groups is 1. The fraction of sp³-hybridized carbons (Fsp3) is 0.500. The highest BCUT2D eigenvalue weighted by Crippen LogP contribution is 2.44. The molecule has 0 aromatic heterocycles. The van der Waals surface area contributed by atoms with Crippen molar-refractivity contribution in [3.8, 4) is 5.75 Å². The molecule has 2 rings (SSSR count). The molecule has 0 fully saturated rings. The quantitative estimate of drug-likeness (QED) is 0.839. The van der Waals surface area contributed by atoms with Crippen LogP contribution in [0.1, 0.15) is 37.0 Å². The predicted octanol–water partition coefficient (Wildman–Crippen LogP) is 3.24. The third kappa shape index (κ3) is 1.72. The molecule has 1 aromatic rings. The van der Waals surface area contributed by atoms with Gasteiger partial charge in [-0.2, -0.15) is 0 Å². The second kappa shape index (κ2) is 4.03. The SMILES string of the molecule is CCCC1Oc2c(C)ccc(Cl)c2C1O. The van der Waals surface area contributed by atoms with Gasteiger partial charge in [-0.1, -0.05) is 31.0 Å². The number of hydrogen-bond donors (Lipinski definition) is 1. The molecular formula is C12H15ClO2. The highest BCUT2D eigenvalue weighted by Gasteiger charge is 2.34. The summed E-state index contributed by atoms with van der Waals surface area (Å²) in [6.45, 7) is 4.05. The van der Waals surface area contributed by atoms with Crippen LogP contribution in [0, 0.1) is 6.92 Å². The Bertz CT molecular complexity index is 376. The van der Waals surface area contributed by atoms with Crippen molar-refractivity contribution >= 4 is 11.6 Å². The monoisotopic (exact) mass is 226 g/mol. The van der Waals surface area contributed by atoms with Gasteiger partial charge in [-0.3, -0.25) is 0 Å². The average molecular weight is 227 g/mol. The van der Waals surface area contributed by atoms with Crippen LogP contribution in [0.5, 0.6) is 5.75 Å². The van der Waals surface area contributed by atoms with Gasteiger partial charge in [-0.15, -0.1) is 0 Å². The number of aryl methyl sites for hydroxylation is 1. The van der Waals surface area contributed by atoms with Crippen molar-refractivity contribution in [3.63, 3.8) is 0 Å². The minimum absolute atomic E-state index is 0.136. The Balaban J connectivity index is 2.40. The molecule has 1 aliphatic rings. The van der Waals surface area contributed by atoms with Crippen molar-refractivity contribution in [1.82, 2.24) is 0 Å². The summed E-state index contributed by atoms with van der Waals surface area (Å²) in [5.41, 5.74) is 1.79. The van der Waals surface area contributed by atoms with Crippen LogP contribution in [0.2, 0.25) is 5.02 Å². The van der Waals surface area contributed by atoms with Gasteiger partial charge < -0.3 is 9.84 Å². The number of ether oxygens (including phenoxy) is 1. The Morgan fingerprint density at radius 3 is 2.80 bits per heavy atom. The van der Waals surface area contributed by atoms with Crippen molar-refractivity contribution in [2.24, 2.45) is 0 Å². The Morgan fingerprint density at radius 1 is 1.47 bits per heavy atom. The van der Waals surface area contributed by atoms with Gasteiger partial charge in [0.2, 0.25) is 0 Å². The normalized spacial score (nSPS) is 23.7. The highest BCUT2D eigenvalue weighted by atomic mass is 35.5. The van der Waals surface area contributed by atoms with Crippen LogP contribution in [-0.2, 0) is 0 Å². The summed E-state index contributed by atoms with van der Waals surface area (Å²) in [4.78, 5) is 0. The van der Waals surface area contributed by atoms with Crippen LogP contribution in [-0.4, -0.2) is 11.2 Å². The predicted molar refractivity (Wildman–Crippen MR) is 60.5 cm³/mol. The van der Waals surface area contributed by atoms with Crippen molar-refractivity contribution in [3.05, 3.63) is 28.3 Å². The molecule has 1 heterocycles. The Kier molecular flexibility index (Phi) is 2.89. The van der Waals surface area contributed by atoms with Crippen LogP contribution >= 0.6 is 11.6 Å². The molecule has 15 heavy (non-hydrogen) atoms. The molecule has 1 aromatic carbocycles. The number of halogens is 1. The largest absolute Gasteiger partial charge is 0.487 e. The second-order valence-electron chi connectivity index (χ2n) is 4.00. The van der Waals surface area contributed by atoms with E-state index in [9.17, 15) is 5.11 Å². The number of aliphatic hydroxyl groups excluding tert-OH is 1. The number of fused-ring (bicyclic) bond motifs is 1. The van der Waals surface area contributed by atoms with Gasteiger partial charge in [0.25, 0.3) is 0 Å². The Labute approximate surface area is 94.8 Å². The van der Waals surface area contributed by atoms with Gasteiger partial charge in [0, 0.05) is 5.56 Å². The summed E-state index contributed by atoms with van der Waals surface area (Å²) in [5.74, 6) is 0.772. The first-order chi connectivity index (χ1) is 7.15. The van der Waals surface area contributed by atoms with Crippen LogP contribution in [0.4, 0.5) is 0 Å². The topological polar surface area (TPSA) is 29.5 Å². The lowest BCUT2D eigenvalue weighted by molar-refractivity contribution is 0.0615. The molecule has 0 spiro atoms. The van der Waals surface area contributed by atoms with Crippen molar-refractivity contribution in [2.75, 3.05) is 0 Å². The molecule has 3 heteroatoms. The van der Waals surface area contributed by atoms with Crippen LogP contribution < -0.4 is 4.74 Å². The van der Waals surface area contributed by atoms with Gasteiger partial charge >= 0.3 is 0 Å². The van der Waals surface area contributed by atoms with E-state index < -0.39 is 6.10 Å². The van der Waals surface area contributed by atoms with E-state index in [4.69, 9.17) is 16.3 Å².